The van der Waals surface area contributed by atoms with E-state index in [1.54, 1.807) is 6.07 Å². The Morgan fingerprint density at radius 1 is 1.47 bits per heavy atom. The van der Waals surface area contributed by atoms with E-state index in [2.05, 4.69) is 6.92 Å². The molecule has 94 valence electrons. The highest BCUT2D eigenvalue weighted by atomic mass is 16.5. The second-order valence-corrected chi connectivity index (χ2v) is 3.91. The number of nitrogens with one attached hydrogen (secondary N) is 1. The highest BCUT2D eigenvalue weighted by molar-refractivity contribution is 5.95. The summed E-state index contributed by atoms with van der Waals surface area (Å²) in [5, 5.41) is 16.2. The van der Waals surface area contributed by atoms with E-state index in [4.69, 9.17) is 21.0 Å². The third-order valence-electron chi connectivity index (χ3n) is 2.53. The van der Waals surface area contributed by atoms with Crippen LogP contribution in [0.3, 0.4) is 0 Å². The zero-order valence-electron chi connectivity index (χ0n) is 10.2. The van der Waals surface area contributed by atoms with Crippen molar-refractivity contribution >= 4 is 5.84 Å². The quantitative estimate of drug-likeness (QED) is 0.498. The highest BCUT2D eigenvalue weighted by Crippen LogP contribution is 2.22. The number of aliphatic hydroxyl groups excluding tert-OH is 1. The fraction of sp³-hybridized carbons (Fsp3) is 0.462. The minimum atomic E-state index is -0.0164. The van der Waals surface area contributed by atoms with Gasteiger partial charge in [-0.25, -0.2) is 0 Å². The maximum Gasteiger partial charge on any atom is 0.123 e. The first kappa shape index (κ1) is 13.5. The fourth-order valence-corrected chi connectivity index (χ4v) is 1.59. The number of aryl methyl sites for hydroxylation is 1. The number of hydrogen-bond donors (Lipinski definition) is 3. The molecular weight excluding hydrogens is 216 g/mol. The van der Waals surface area contributed by atoms with E-state index in [9.17, 15) is 0 Å². The second-order valence-electron chi connectivity index (χ2n) is 3.91. The molecule has 1 aromatic carbocycles. The minimum absolute atomic E-state index is 0.0164. The van der Waals surface area contributed by atoms with Gasteiger partial charge in [-0.05, 0) is 24.5 Å². The van der Waals surface area contributed by atoms with Crippen LogP contribution in [-0.2, 0) is 6.42 Å². The lowest BCUT2D eigenvalue weighted by atomic mass is 10.0. The molecule has 0 radical (unpaired) electrons. The molecule has 1 rings (SSSR count). The van der Waals surface area contributed by atoms with Gasteiger partial charge in [0.1, 0.15) is 18.2 Å². The van der Waals surface area contributed by atoms with Crippen molar-refractivity contribution < 1.29 is 9.84 Å². The van der Waals surface area contributed by atoms with Gasteiger partial charge in [-0.15, -0.1) is 0 Å². The lowest BCUT2D eigenvalue weighted by molar-refractivity contribution is 0.200. The molecule has 0 aliphatic rings. The van der Waals surface area contributed by atoms with E-state index < -0.39 is 0 Å². The van der Waals surface area contributed by atoms with Gasteiger partial charge in [-0.2, -0.15) is 0 Å². The predicted molar refractivity (Wildman–Crippen MR) is 68.7 cm³/mol. The number of benzene rings is 1. The Kier molecular flexibility index (Phi) is 5.49. The molecule has 4 N–H and O–H groups in total. The molecule has 0 unspecified atom stereocenters. The summed E-state index contributed by atoms with van der Waals surface area (Å²) in [7, 11) is 0. The smallest absolute Gasteiger partial charge is 0.123 e. The summed E-state index contributed by atoms with van der Waals surface area (Å²) in [5.74, 6) is 0.751. The first-order chi connectivity index (χ1) is 8.19. The molecule has 0 aromatic heterocycles. The second kappa shape index (κ2) is 6.91. The van der Waals surface area contributed by atoms with Crippen molar-refractivity contribution in [3.05, 3.63) is 29.3 Å². The summed E-state index contributed by atoms with van der Waals surface area (Å²) in [6.07, 6.45) is 3.15. The maximum absolute atomic E-state index is 8.78. The standard InChI is InChI=1S/C13H20N2O2/c1-2-3-4-10-5-6-11(13(14)15)9-12(10)17-8-7-16/h5-6,9,16H,2-4,7-8H2,1H3,(H3,14,15). The fourth-order valence-electron chi connectivity index (χ4n) is 1.59. The molecule has 0 aliphatic heterocycles. The largest absolute Gasteiger partial charge is 0.491 e. The number of nitrogen functional groups attached to an aromatic ring is 1. The van der Waals surface area contributed by atoms with Crippen LogP contribution in [0.1, 0.15) is 30.9 Å². The first-order valence-corrected chi connectivity index (χ1v) is 5.90. The van der Waals surface area contributed by atoms with Crippen molar-refractivity contribution in [2.75, 3.05) is 13.2 Å². The van der Waals surface area contributed by atoms with Crippen LogP contribution in [0.4, 0.5) is 0 Å². The number of amidine groups is 1. The van der Waals surface area contributed by atoms with Gasteiger partial charge in [0.2, 0.25) is 0 Å². The average Bonchev–Trinajstić information content (AvgIpc) is 2.34. The predicted octanol–water partition coefficient (Wildman–Crippen LogP) is 1.68. The molecule has 0 bridgehead atoms. The number of ether oxygens (including phenoxy) is 1. The van der Waals surface area contributed by atoms with Crippen LogP contribution >= 0.6 is 0 Å². The summed E-state index contributed by atoms with van der Waals surface area (Å²) in [4.78, 5) is 0. The van der Waals surface area contributed by atoms with Crippen LogP contribution < -0.4 is 10.5 Å². The first-order valence-electron chi connectivity index (χ1n) is 5.90. The molecule has 0 heterocycles. The molecule has 4 heteroatoms. The Morgan fingerprint density at radius 3 is 2.82 bits per heavy atom. The summed E-state index contributed by atoms with van der Waals surface area (Å²) < 4.78 is 5.47. The molecule has 0 fully saturated rings. The Balaban J connectivity index is 2.90. The van der Waals surface area contributed by atoms with Crippen LogP contribution in [0.5, 0.6) is 5.75 Å². The molecule has 0 saturated heterocycles. The molecule has 1 aromatic rings. The molecule has 4 nitrogen and oxygen atoms in total. The Labute approximate surface area is 102 Å². The lowest BCUT2D eigenvalue weighted by Gasteiger charge is -2.12. The zero-order valence-corrected chi connectivity index (χ0v) is 10.2. The van der Waals surface area contributed by atoms with Crippen molar-refractivity contribution in [2.24, 2.45) is 5.73 Å². The molecule has 0 aliphatic carbocycles. The van der Waals surface area contributed by atoms with Gasteiger partial charge in [0.15, 0.2) is 0 Å². The van der Waals surface area contributed by atoms with Crippen molar-refractivity contribution in [2.45, 2.75) is 26.2 Å². The van der Waals surface area contributed by atoms with Crippen molar-refractivity contribution in [1.29, 1.82) is 5.41 Å². The summed E-state index contributed by atoms with van der Waals surface area (Å²) in [6, 6.07) is 5.54. The van der Waals surface area contributed by atoms with E-state index >= 15 is 0 Å². The van der Waals surface area contributed by atoms with Gasteiger partial charge in [0, 0.05) is 5.56 Å². The molecular formula is C13H20N2O2. The van der Waals surface area contributed by atoms with E-state index in [1.165, 1.54) is 0 Å². The third-order valence-corrected chi connectivity index (χ3v) is 2.53. The van der Waals surface area contributed by atoms with E-state index in [0.717, 1.165) is 30.6 Å². The lowest BCUT2D eigenvalue weighted by Crippen LogP contribution is -2.12. The van der Waals surface area contributed by atoms with Crippen molar-refractivity contribution in [1.82, 2.24) is 0 Å². The number of unbranched alkanes of at least 4 members (excludes halogenated alkanes) is 1. The number of aliphatic hydroxyl groups is 1. The maximum atomic E-state index is 8.78. The van der Waals surface area contributed by atoms with Gasteiger partial charge < -0.3 is 15.6 Å². The van der Waals surface area contributed by atoms with Crippen molar-refractivity contribution in [3.63, 3.8) is 0 Å². The molecule has 0 amide bonds. The van der Waals surface area contributed by atoms with Crippen LogP contribution in [-0.4, -0.2) is 24.2 Å². The van der Waals surface area contributed by atoms with Crippen molar-refractivity contribution in [3.8, 4) is 5.75 Å². The summed E-state index contributed by atoms with van der Waals surface area (Å²) >= 11 is 0. The van der Waals surface area contributed by atoms with E-state index in [1.807, 2.05) is 12.1 Å². The minimum Gasteiger partial charge on any atom is -0.491 e. The molecule has 0 atom stereocenters. The SMILES string of the molecule is CCCCc1ccc(C(=N)N)cc1OCCO. The van der Waals surface area contributed by atoms with Crippen LogP contribution in [0.2, 0.25) is 0 Å². The van der Waals surface area contributed by atoms with Gasteiger partial charge in [0.05, 0.1) is 6.61 Å². The van der Waals surface area contributed by atoms with Gasteiger partial charge in [-0.3, -0.25) is 5.41 Å². The van der Waals surface area contributed by atoms with Gasteiger partial charge in [0.25, 0.3) is 0 Å². The molecule has 17 heavy (non-hydrogen) atoms. The number of hydrogen-bond acceptors (Lipinski definition) is 3. The Bertz CT molecular complexity index is 378. The van der Waals surface area contributed by atoms with E-state index in [0.29, 0.717) is 5.56 Å². The van der Waals surface area contributed by atoms with Gasteiger partial charge >= 0.3 is 0 Å². The van der Waals surface area contributed by atoms with Crippen LogP contribution in [0.25, 0.3) is 0 Å². The Morgan fingerprint density at radius 2 is 2.24 bits per heavy atom. The average molecular weight is 236 g/mol. The molecule has 0 saturated carbocycles. The molecule has 0 spiro atoms. The summed E-state index contributed by atoms with van der Waals surface area (Å²) in [5.41, 5.74) is 7.19. The number of nitrogens with two attached hydrogens (primary N) is 1. The third kappa shape index (κ3) is 4.07. The topological polar surface area (TPSA) is 79.3 Å². The van der Waals surface area contributed by atoms with Crippen LogP contribution in [0, 0.1) is 5.41 Å². The van der Waals surface area contributed by atoms with E-state index in [-0.39, 0.29) is 19.0 Å². The zero-order chi connectivity index (χ0) is 12.7. The van der Waals surface area contributed by atoms with Gasteiger partial charge in [-0.1, -0.05) is 25.5 Å². The van der Waals surface area contributed by atoms with Crippen LogP contribution in [0.15, 0.2) is 18.2 Å². The normalized spacial score (nSPS) is 10.2. The summed E-state index contributed by atoms with van der Waals surface area (Å²) in [6.45, 7) is 2.39. The monoisotopic (exact) mass is 236 g/mol. The Hall–Kier alpha value is -1.55. The number of rotatable bonds is 7. The highest BCUT2D eigenvalue weighted by Gasteiger charge is 2.06.